The third-order valence-electron chi connectivity index (χ3n) is 3.09. The first-order chi connectivity index (χ1) is 9.74. The molecule has 1 aliphatic heterocycles. The van der Waals surface area contributed by atoms with Gasteiger partial charge in [-0.15, -0.1) is 0 Å². The lowest BCUT2D eigenvalue weighted by Crippen LogP contribution is -1.94. The highest BCUT2D eigenvalue weighted by atomic mass is 16.5. The Morgan fingerprint density at radius 3 is 2.70 bits per heavy atom. The van der Waals surface area contributed by atoms with Crippen LogP contribution in [-0.2, 0) is 6.61 Å². The fourth-order valence-corrected chi connectivity index (χ4v) is 2.09. The van der Waals surface area contributed by atoms with Gasteiger partial charge >= 0.3 is 0 Å². The Hall–Kier alpha value is -2.22. The van der Waals surface area contributed by atoms with Gasteiger partial charge in [-0.1, -0.05) is 36.9 Å². The lowest BCUT2D eigenvalue weighted by Gasteiger charge is -2.08. The summed E-state index contributed by atoms with van der Waals surface area (Å²) in [6.07, 6.45) is 1.83. The molecule has 0 N–H and O–H groups in total. The predicted molar refractivity (Wildman–Crippen MR) is 83.2 cm³/mol. The molecule has 3 rings (SSSR count). The van der Waals surface area contributed by atoms with Crippen LogP contribution in [0.25, 0.3) is 6.08 Å². The molecule has 0 saturated carbocycles. The minimum Gasteiger partial charge on any atom is -0.493 e. The molecule has 104 valence electrons. The van der Waals surface area contributed by atoms with E-state index in [0.717, 1.165) is 23.7 Å². The van der Waals surface area contributed by atoms with E-state index in [9.17, 15) is 0 Å². The minimum absolute atomic E-state index is 0.699. The molecule has 2 heteroatoms. The Morgan fingerprint density at radius 2 is 2.05 bits per heavy atom. The van der Waals surface area contributed by atoms with Crippen molar-refractivity contribution in [2.75, 3.05) is 6.61 Å². The molecule has 0 spiro atoms. The Kier molecular flexibility index (Phi) is 4.83. The Bertz CT molecular complexity index is 568. The summed E-state index contributed by atoms with van der Waals surface area (Å²) in [5.41, 5.74) is 3.58. The maximum atomic E-state index is 5.44. The maximum Gasteiger partial charge on any atom is 0.126 e. The summed E-state index contributed by atoms with van der Waals surface area (Å²) in [5.74, 6) is 1.93. The molecule has 2 bridgehead atoms. The topological polar surface area (TPSA) is 18.5 Å². The SMILES string of the molecule is C=Cc1c(C)cccc1OCC.c1cc2cc(c1)OC2. The van der Waals surface area contributed by atoms with Gasteiger partial charge in [-0.25, -0.2) is 0 Å². The molecule has 0 unspecified atom stereocenters. The van der Waals surface area contributed by atoms with Gasteiger partial charge in [-0.05, 0) is 43.2 Å². The number of benzene rings is 2. The van der Waals surface area contributed by atoms with Crippen molar-refractivity contribution in [2.24, 2.45) is 0 Å². The zero-order valence-corrected chi connectivity index (χ0v) is 12.1. The van der Waals surface area contributed by atoms with Crippen LogP contribution in [0.2, 0.25) is 0 Å². The molecule has 0 aromatic heterocycles. The second-order valence-corrected chi connectivity index (χ2v) is 4.56. The Balaban J connectivity index is 0.000000157. The maximum absolute atomic E-state index is 5.44. The second-order valence-electron chi connectivity index (χ2n) is 4.56. The van der Waals surface area contributed by atoms with E-state index in [4.69, 9.17) is 9.47 Å². The average molecular weight is 268 g/mol. The van der Waals surface area contributed by atoms with E-state index < -0.39 is 0 Å². The summed E-state index contributed by atoms with van der Waals surface area (Å²) in [4.78, 5) is 0. The van der Waals surface area contributed by atoms with Crippen molar-refractivity contribution in [3.63, 3.8) is 0 Å². The van der Waals surface area contributed by atoms with Gasteiger partial charge in [0.1, 0.15) is 18.1 Å². The van der Waals surface area contributed by atoms with Crippen LogP contribution in [0.5, 0.6) is 11.5 Å². The van der Waals surface area contributed by atoms with Crippen LogP contribution < -0.4 is 9.47 Å². The van der Waals surface area contributed by atoms with Gasteiger partial charge in [0.25, 0.3) is 0 Å². The molecule has 20 heavy (non-hydrogen) atoms. The first-order valence-corrected chi connectivity index (χ1v) is 6.81. The van der Waals surface area contributed by atoms with E-state index >= 15 is 0 Å². The lowest BCUT2D eigenvalue weighted by molar-refractivity contribution is 0.328. The van der Waals surface area contributed by atoms with E-state index in [0.29, 0.717) is 6.61 Å². The number of ether oxygens (including phenoxy) is 2. The molecule has 0 amide bonds. The fourth-order valence-electron chi connectivity index (χ4n) is 2.09. The van der Waals surface area contributed by atoms with E-state index in [1.54, 1.807) is 0 Å². The van der Waals surface area contributed by atoms with Crippen molar-refractivity contribution in [1.29, 1.82) is 0 Å². The van der Waals surface area contributed by atoms with Gasteiger partial charge in [0.2, 0.25) is 0 Å². The zero-order valence-electron chi connectivity index (χ0n) is 12.1. The van der Waals surface area contributed by atoms with E-state index in [1.165, 1.54) is 11.1 Å². The molecule has 2 aromatic rings. The number of hydrogen-bond donors (Lipinski definition) is 0. The molecule has 0 aliphatic carbocycles. The summed E-state index contributed by atoms with van der Waals surface area (Å²) < 4.78 is 10.6. The van der Waals surface area contributed by atoms with Crippen molar-refractivity contribution < 1.29 is 9.47 Å². The lowest BCUT2D eigenvalue weighted by atomic mass is 10.1. The molecular weight excluding hydrogens is 248 g/mol. The summed E-state index contributed by atoms with van der Waals surface area (Å²) >= 11 is 0. The van der Waals surface area contributed by atoms with Crippen molar-refractivity contribution >= 4 is 6.08 Å². The monoisotopic (exact) mass is 268 g/mol. The highest BCUT2D eigenvalue weighted by Crippen LogP contribution is 2.22. The first-order valence-electron chi connectivity index (χ1n) is 6.81. The van der Waals surface area contributed by atoms with E-state index in [-0.39, 0.29) is 0 Å². The normalized spacial score (nSPS) is 11.1. The molecule has 2 nitrogen and oxygen atoms in total. The number of hydrogen-bond acceptors (Lipinski definition) is 2. The van der Waals surface area contributed by atoms with Crippen LogP contribution in [-0.4, -0.2) is 6.61 Å². The van der Waals surface area contributed by atoms with Crippen molar-refractivity contribution in [1.82, 2.24) is 0 Å². The molecular formula is C18H20O2. The first kappa shape index (κ1) is 14.2. The molecule has 0 atom stereocenters. The average Bonchev–Trinajstić information content (AvgIpc) is 2.79. The molecule has 0 saturated heterocycles. The Labute approximate surface area is 120 Å². The van der Waals surface area contributed by atoms with Crippen molar-refractivity contribution in [3.05, 3.63) is 65.7 Å². The summed E-state index contributed by atoms with van der Waals surface area (Å²) in [7, 11) is 0. The number of rotatable bonds is 3. The smallest absolute Gasteiger partial charge is 0.126 e. The van der Waals surface area contributed by atoms with Gasteiger partial charge < -0.3 is 9.47 Å². The summed E-state index contributed by atoms with van der Waals surface area (Å²) in [6, 6.07) is 14.1. The van der Waals surface area contributed by atoms with Crippen LogP contribution in [0.15, 0.2) is 49.0 Å². The molecule has 1 heterocycles. The van der Waals surface area contributed by atoms with Gasteiger partial charge in [0, 0.05) is 5.56 Å². The van der Waals surface area contributed by atoms with Gasteiger partial charge in [0.05, 0.1) is 6.61 Å². The number of aryl methyl sites for hydroxylation is 1. The quantitative estimate of drug-likeness (QED) is 0.809. The standard InChI is InChI=1S/C11H14O.C7H6O/c1-4-10-9(3)7-6-8-11(10)12-5-2;1-2-6-4-7(3-1)8-5-6/h4,6-8H,1,5H2,2-3H3;1-4H,5H2. The zero-order chi connectivity index (χ0) is 14.4. The van der Waals surface area contributed by atoms with Gasteiger partial charge in [-0.3, -0.25) is 0 Å². The fraction of sp³-hybridized carbons (Fsp3) is 0.222. The van der Waals surface area contributed by atoms with E-state index in [1.807, 2.05) is 37.3 Å². The second kappa shape index (κ2) is 6.80. The molecule has 0 radical (unpaired) electrons. The molecule has 0 fully saturated rings. The van der Waals surface area contributed by atoms with E-state index in [2.05, 4.69) is 31.7 Å². The minimum atomic E-state index is 0.699. The largest absolute Gasteiger partial charge is 0.493 e. The van der Waals surface area contributed by atoms with Gasteiger partial charge in [-0.2, -0.15) is 0 Å². The molecule has 1 aliphatic rings. The third kappa shape index (κ3) is 3.41. The van der Waals surface area contributed by atoms with Crippen molar-refractivity contribution in [2.45, 2.75) is 20.5 Å². The van der Waals surface area contributed by atoms with Crippen LogP contribution in [0.1, 0.15) is 23.6 Å². The number of fused-ring (bicyclic) bond motifs is 2. The van der Waals surface area contributed by atoms with Crippen LogP contribution in [0.3, 0.4) is 0 Å². The Morgan fingerprint density at radius 1 is 1.25 bits per heavy atom. The van der Waals surface area contributed by atoms with Gasteiger partial charge in [0.15, 0.2) is 0 Å². The summed E-state index contributed by atoms with van der Waals surface area (Å²) in [6.45, 7) is 9.26. The third-order valence-corrected chi connectivity index (χ3v) is 3.09. The summed E-state index contributed by atoms with van der Waals surface area (Å²) in [5, 5.41) is 0. The molecule has 2 aromatic carbocycles. The van der Waals surface area contributed by atoms with Crippen LogP contribution >= 0.6 is 0 Å². The highest BCUT2D eigenvalue weighted by molar-refractivity contribution is 5.59. The predicted octanol–water partition coefficient (Wildman–Crippen LogP) is 4.62. The van der Waals surface area contributed by atoms with Crippen molar-refractivity contribution in [3.8, 4) is 11.5 Å². The highest BCUT2D eigenvalue weighted by Gasteiger charge is 2.03. The van der Waals surface area contributed by atoms with Crippen LogP contribution in [0, 0.1) is 6.92 Å². The van der Waals surface area contributed by atoms with Crippen LogP contribution in [0.4, 0.5) is 0 Å².